The molecule has 0 aliphatic carbocycles. The van der Waals surface area contributed by atoms with Gasteiger partial charge in [-0.15, -0.1) is 0 Å². The normalized spacial score (nSPS) is 12.5. The second-order valence-electron chi connectivity index (χ2n) is 11.8. The van der Waals surface area contributed by atoms with Crippen molar-refractivity contribution in [1.29, 1.82) is 0 Å². The smallest absolute Gasteiger partial charge is 0.470 e. The van der Waals surface area contributed by atoms with Crippen LogP contribution < -0.4 is 17.7 Å². The summed E-state index contributed by atoms with van der Waals surface area (Å²) < 4.78 is 28.4. The minimum atomic E-state index is -3.22. The van der Waals surface area contributed by atoms with E-state index in [-0.39, 0.29) is 10.1 Å². The Balaban J connectivity index is 1.92. The average molecular weight is 557 g/mol. The highest BCUT2D eigenvalue weighted by Crippen LogP contribution is 2.50. The molecule has 0 amide bonds. The lowest BCUT2D eigenvalue weighted by atomic mass is 10.2. The van der Waals surface area contributed by atoms with Crippen LogP contribution >= 0.6 is 0 Å². The quantitative estimate of drug-likeness (QED) is 0.182. The van der Waals surface area contributed by atoms with Gasteiger partial charge in [0.25, 0.3) is 0 Å². The maximum Gasteiger partial charge on any atom is 0.470 e. The summed E-state index contributed by atoms with van der Waals surface area (Å²) in [7, 11) is -6.44. The Kier molecular flexibility index (Phi) is 8.57. The van der Waals surface area contributed by atoms with E-state index in [0.717, 1.165) is 23.0 Å². The van der Waals surface area contributed by atoms with Gasteiger partial charge in [0.2, 0.25) is 0 Å². The Morgan fingerprint density at radius 2 is 0.590 bits per heavy atom. The van der Waals surface area contributed by atoms with Crippen LogP contribution in [0.5, 0.6) is 23.0 Å². The van der Waals surface area contributed by atoms with Crippen LogP contribution in [-0.4, -0.2) is 17.1 Å². The highest BCUT2D eigenvalue weighted by Gasteiger charge is 2.67. The molecule has 0 radical (unpaired) electrons. The minimum absolute atomic E-state index is 0.345. The van der Waals surface area contributed by atoms with E-state index in [9.17, 15) is 0 Å². The van der Waals surface area contributed by atoms with Crippen molar-refractivity contribution in [3.63, 3.8) is 0 Å². The fourth-order valence-electron chi connectivity index (χ4n) is 4.35. The van der Waals surface area contributed by atoms with E-state index in [0.29, 0.717) is 5.67 Å². The summed E-state index contributed by atoms with van der Waals surface area (Å²) in [5.41, 5.74) is 0.528. The molecule has 0 saturated carbocycles. The minimum Gasteiger partial charge on any atom is -0.512 e. The van der Waals surface area contributed by atoms with Crippen molar-refractivity contribution in [2.45, 2.75) is 57.3 Å². The zero-order valence-corrected chi connectivity index (χ0v) is 25.9. The van der Waals surface area contributed by atoms with Crippen LogP contribution in [-0.2, 0) is 0 Å². The lowest BCUT2D eigenvalue weighted by Crippen LogP contribution is -2.68. The Morgan fingerprint density at radius 1 is 0.385 bits per heavy atom. The molecule has 0 heterocycles. The summed E-state index contributed by atoms with van der Waals surface area (Å²) in [6.07, 6.45) is 0. The predicted octanol–water partition coefficient (Wildman–Crippen LogP) is 9.33. The van der Waals surface area contributed by atoms with Crippen LogP contribution in [0.15, 0.2) is 121 Å². The second-order valence-corrected chi connectivity index (χ2v) is 20.1. The fraction of sp³-hybridized carbons (Fsp3) is 0.273. The standard InChI is InChI=1S/C33H40O4Si2/c1-32(2,3)38(34-28-19-11-7-12-20-28,35-29-21-13-8-14-22-29)27-39(33(4,5)6,36-30-23-15-9-16-24-30)37-31-25-17-10-18-26-31/h7-26H,27H2,1-6H3. The first-order valence-corrected chi connectivity index (χ1v) is 17.5. The molecule has 4 aromatic carbocycles. The van der Waals surface area contributed by atoms with E-state index in [4.69, 9.17) is 17.7 Å². The first-order valence-electron chi connectivity index (χ1n) is 13.5. The van der Waals surface area contributed by atoms with Gasteiger partial charge in [0.15, 0.2) is 0 Å². The van der Waals surface area contributed by atoms with E-state index in [2.05, 4.69) is 41.5 Å². The maximum absolute atomic E-state index is 7.09. The summed E-state index contributed by atoms with van der Waals surface area (Å²) >= 11 is 0. The molecule has 0 unspecified atom stereocenters. The molecule has 0 saturated heterocycles. The average Bonchev–Trinajstić information content (AvgIpc) is 2.90. The molecule has 4 aromatic rings. The predicted molar refractivity (Wildman–Crippen MR) is 164 cm³/mol. The van der Waals surface area contributed by atoms with Crippen molar-refractivity contribution in [2.24, 2.45) is 0 Å². The van der Waals surface area contributed by atoms with Crippen LogP contribution in [0.4, 0.5) is 0 Å². The highest BCUT2D eigenvalue weighted by molar-refractivity contribution is 6.90. The van der Waals surface area contributed by atoms with Gasteiger partial charge in [-0.3, -0.25) is 0 Å². The maximum atomic E-state index is 7.09. The highest BCUT2D eigenvalue weighted by atomic mass is 28.4. The summed E-state index contributed by atoms with van der Waals surface area (Å²) in [4.78, 5) is 0. The number of para-hydroxylation sites is 4. The van der Waals surface area contributed by atoms with Crippen molar-refractivity contribution in [2.75, 3.05) is 0 Å². The number of hydrogen-bond acceptors (Lipinski definition) is 4. The molecule has 0 atom stereocenters. The number of rotatable bonds is 10. The fourth-order valence-corrected chi connectivity index (χ4v) is 15.6. The third-order valence-corrected chi connectivity index (χ3v) is 17.4. The van der Waals surface area contributed by atoms with Gasteiger partial charge in [-0.1, -0.05) is 114 Å². The molecule has 0 aliphatic heterocycles. The van der Waals surface area contributed by atoms with Gasteiger partial charge in [0.1, 0.15) is 23.0 Å². The van der Waals surface area contributed by atoms with Gasteiger partial charge < -0.3 is 17.7 Å². The summed E-state index contributed by atoms with van der Waals surface area (Å²) in [6.45, 7) is 13.2. The first-order chi connectivity index (χ1) is 18.5. The Labute approximate surface area is 236 Å². The molecule has 0 fully saturated rings. The van der Waals surface area contributed by atoms with Crippen molar-refractivity contribution in [3.05, 3.63) is 121 Å². The van der Waals surface area contributed by atoms with Crippen molar-refractivity contribution in [1.82, 2.24) is 0 Å². The Hall–Kier alpha value is -3.49. The second kappa shape index (κ2) is 11.7. The third kappa shape index (κ3) is 6.94. The third-order valence-electron chi connectivity index (χ3n) is 6.85. The summed E-state index contributed by atoms with van der Waals surface area (Å²) in [5, 5.41) is -0.690. The van der Waals surface area contributed by atoms with Crippen LogP contribution in [0.2, 0.25) is 15.7 Å². The molecular formula is C33H40O4Si2. The van der Waals surface area contributed by atoms with Gasteiger partial charge in [-0.2, -0.15) is 0 Å². The SMILES string of the molecule is CC(C)(C)[Si](C[Si](Oc1ccccc1)(Oc1ccccc1)C(C)(C)C)(Oc1ccccc1)Oc1ccccc1. The van der Waals surface area contributed by atoms with Crippen LogP contribution in [0.25, 0.3) is 0 Å². The van der Waals surface area contributed by atoms with Crippen molar-refractivity contribution in [3.8, 4) is 23.0 Å². The zero-order chi connectivity index (χ0) is 28.0. The molecule has 4 nitrogen and oxygen atoms in total. The first kappa shape index (κ1) is 28.5. The topological polar surface area (TPSA) is 36.9 Å². The number of hydrogen-bond donors (Lipinski definition) is 0. The number of benzene rings is 4. The zero-order valence-electron chi connectivity index (χ0n) is 23.9. The molecule has 39 heavy (non-hydrogen) atoms. The molecular weight excluding hydrogens is 517 g/mol. The van der Waals surface area contributed by atoms with Gasteiger partial charge >= 0.3 is 17.1 Å². The molecule has 0 spiro atoms. The van der Waals surface area contributed by atoms with Crippen molar-refractivity contribution < 1.29 is 17.7 Å². The van der Waals surface area contributed by atoms with Gasteiger partial charge in [0, 0.05) is 10.1 Å². The van der Waals surface area contributed by atoms with Gasteiger partial charge in [0.05, 0.1) is 5.67 Å². The molecule has 204 valence electrons. The summed E-state index contributed by atoms with van der Waals surface area (Å²) in [6, 6.07) is 39.9. The molecule has 0 aromatic heterocycles. The molecule has 0 bridgehead atoms. The van der Waals surface area contributed by atoms with E-state index >= 15 is 0 Å². The van der Waals surface area contributed by atoms with E-state index in [1.54, 1.807) is 0 Å². The Morgan fingerprint density at radius 3 is 0.769 bits per heavy atom. The molecule has 4 rings (SSSR count). The largest absolute Gasteiger partial charge is 0.512 e. The summed E-state index contributed by atoms with van der Waals surface area (Å²) in [5.74, 6) is 3.13. The molecule has 6 heteroatoms. The Bertz CT molecular complexity index is 1100. The lowest BCUT2D eigenvalue weighted by Gasteiger charge is -2.48. The van der Waals surface area contributed by atoms with Crippen LogP contribution in [0.1, 0.15) is 41.5 Å². The van der Waals surface area contributed by atoms with Crippen LogP contribution in [0, 0.1) is 0 Å². The van der Waals surface area contributed by atoms with E-state index < -0.39 is 17.1 Å². The van der Waals surface area contributed by atoms with Crippen LogP contribution in [0.3, 0.4) is 0 Å². The monoisotopic (exact) mass is 556 g/mol. The van der Waals surface area contributed by atoms with Crippen molar-refractivity contribution >= 4 is 17.1 Å². The van der Waals surface area contributed by atoms with Gasteiger partial charge in [-0.25, -0.2) is 0 Å². The van der Waals surface area contributed by atoms with E-state index in [1.807, 2.05) is 121 Å². The molecule has 0 aliphatic rings. The lowest BCUT2D eigenvalue weighted by molar-refractivity contribution is 0.307. The van der Waals surface area contributed by atoms with Gasteiger partial charge in [-0.05, 0) is 48.5 Å². The van der Waals surface area contributed by atoms with E-state index in [1.165, 1.54) is 0 Å². The molecule has 0 N–H and O–H groups in total.